The van der Waals surface area contributed by atoms with Crippen LogP contribution in [-0.2, 0) is 6.54 Å². The summed E-state index contributed by atoms with van der Waals surface area (Å²) in [5.41, 5.74) is 0.840. The first-order valence-corrected chi connectivity index (χ1v) is 6.46. The highest BCUT2D eigenvalue weighted by atomic mass is 35.5. The molecule has 1 amide bonds. The molecular weight excluding hydrogens is 294 g/mol. The Morgan fingerprint density at radius 2 is 2.05 bits per heavy atom. The van der Waals surface area contributed by atoms with Gasteiger partial charge in [0, 0.05) is 24.9 Å². The molecule has 0 aliphatic rings. The molecule has 0 radical (unpaired) electrons. The van der Waals surface area contributed by atoms with E-state index in [9.17, 15) is 14.9 Å². The molecule has 0 fully saturated rings. The molecule has 0 bridgehead atoms. The quantitative estimate of drug-likeness (QED) is 0.494. The van der Waals surface area contributed by atoms with Gasteiger partial charge in [0.15, 0.2) is 0 Å². The highest BCUT2D eigenvalue weighted by molar-refractivity contribution is 6.29. The van der Waals surface area contributed by atoms with Crippen LogP contribution in [0.2, 0.25) is 5.15 Å². The number of nitro groups is 1. The Kier molecular flexibility index (Phi) is 4.49. The zero-order valence-corrected chi connectivity index (χ0v) is 11.9. The smallest absolute Gasteiger partial charge is 0.274 e. The number of carbonyl (C=O) groups is 1. The zero-order valence-electron chi connectivity index (χ0n) is 11.2. The molecule has 0 aliphatic heterocycles. The number of nitro benzene ring substituents is 1. The van der Waals surface area contributed by atoms with E-state index in [1.807, 2.05) is 0 Å². The molecule has 6 nitrogen and oxygen atoms in total. The summed E-state index contributed by atoms with van der Waals surface area (Å²) in [5.74, 6) is -0.280. The molecule has 0 unspecified atom stereocenters. The summed E-state index contributed by atoms with van der Waals surface area (Å²) >= 11 is 5.67. The Morgan fingerprint density at radius 3 is 2.67 bits per heavy atom. The molecule has 1 aromatic heterocycles. The molecular formula is C14H12ClN3O3. The second-order valence-corrected chi connectivity index (χ2v) is 4.80. The van der Waals surface area contributed by atoms with Gasteiger partial charge in [-0.2, -0.15) is 0 Å². The Bertz CT molecular complexity index is 673. The Labute approximate surface area is 126 Å². The molecule has 2 aromatic rings. The van der Waals surface area contributed by atoms with E-state index < -0.39 is 4.92 Å². The van der Waals surface area contributed by atoms with Gasteiger partial charge in [-0.3, -0.25) is 14.9 Å². The molecule has 0 N–H and O–H groups in total. The maximum atomic E-state index is 12.2. The van der Waals surface area contributed by atoms with Crippen LogP contribution in [0.3, 0.4) is 0 Å². The Balaban J connectivity index is 2.18. The summed E-state index contributed by atoms with van der Waals surface area (Å²) in [4.78, 5) is 28.0. The van der Waals surface area contributed by atoms with Crippen molar-refractivity contribution in [3.05, 3.63) is 69.0 Å². The second kappa shape index (κ2) is 6.32. The summed E-state index contributed by atoms with van der Waals surface area (Å²) in [6.45, 7) is 0.138. The number of aromatic nitrogens is 1. The fourth-order valence-electron chi connectivity index (χ4n) is 1.87. The minimum atomic E-state index is -0.461. The van der Waals surface area contributed by atoms with Gasteiger partial charge in [-0.05, 0) is 12.1 Å². The lowest BCUT2D eigenvalue weighted by Gasteiger charge is -2.17. The Morgan fingerprint density at radius 1 is 1.33 bits per heavy atom. The van der Waals surface area contributed by atoms with E-state index >= 15 is 0 Å². The summed E-state index contributed by atoms with van der Waals surface area (Å²) in [6, 6.07) is 9.41. The fourth-order valence-corrected chi connectivity index (χ4v) is 1.98. The molecule has 0 spiro atoms. The van der Waals surface area contributed by atoms with Gasteiger partial charge in [0.25, 0.3) is 11.6 Å². The molecule has 1 heterocycles. The second-order valence-electron chi connectivity index (χ2n) is 4.42. The predicted octanol–water partition coefficient (Wildman–Crippen LogP) is 2.92. The van der Waals surface area contributed by atoms with Crippen molar-refractivity contribution >= 4 is 23.2 Å². The number of rotatable bonds is 4. The monoisotopic (exact) mass is 305 g/mol. The number of hydrogen-bond donors (Lipinski definition) is 0. The average Bonchev–Trinajstić information content (AvgIpc) is 2.47. The summed E-state index contributed by atoms with van der Waals surface area (Å²) in [7, 11) is 1.58. The molecule has 2 rings (SSSR count). The van der Waals surface area contributed by atoms with Gasteiger partial charge in [-0.25, -0.2) is 4.98 Å². The third kappa shape index (κ3) is 3.55. The molecule has 0 saturated heterocycles. The minimum absolute atomic E-state index is 0.00798. The lowest BCUT2D eigenvalue weighted by Crippen LogP contribution is -2.26. The van der Waals surface area contributed by atoms with E-state index in [0.717, 1.165) is 0 Å². The molecule has 0 atom stereocenters. The summed E-state index contributed by atoms with van der Waals surface area (Å²) < 4.78 is 0. The lowest BCUT2D eigenvalue weighted by atomic mass is 10.1. The molecule has 0 saturated carbocycles. The first-order valence-electron chi connectivity index (χ1n) is 6.08. The van der Waals surface area contributed by atoms with Gasteiger partial charge >= 0.3 is 0 Å². The molecule has 0 aliphatic carbocycles. The normalized spacial score (nSPS) is 10.2. The van der Waals surface area contributed by atoms with Crippen LogP contribution in [0.1, 0.15) is 15.9 Å². The van der Waals surface area contributed by atoms with E-state index in [1.54, 1.807) is 31.3 Å². The van der Waals surface area contributed by atoms with Crippen molar-refractivity contribution in [2.24, 2.45) is 0 Å². The molecule has 1 aromatic carbocycles. The number of halogens is 1. The van der Waals surface area contributed by atoms with Crippen LogP contribution in [0.15, 0.2) is 42.6 Å². The van der Waals surface area contributed by atoms with Crippen LogP contribution in [-0.4, -0.2) is 27.8 Å². The van der Waals surface area contributed by atoms with Crippen molar-refractivity contribution < 1.29 is 9.72 Å². The first kappa shape index (κ1) is 14.9. The number of amides is 1. The van der Waals surface area contributed by atoms with Gasteiger partial charge in [-0.15, -0.1) is 0 Å². The van der Waals surface area contributed by atoms with E-state index in [4.69, 9.17) is 11.6 Å². The third-order valence-electron chi connectivity index (χ3n) is 2.92. The molecule has 108 valence electrons. The summed E-state index contributed by atoms with van der Waals surface area (Å²) in [6.07, 6.45) is 1.38. The van der Waals surface area contributed by atoms with Crippen molar-refractivity contribution in [1.29, 1.82) is 0 Å². The van der Waals surface area contributed by atoms with Gasteiger partial charge in [0.1, 0.15) is 5.15 Å². The van der Waals surface area contributed by atoms with Crippen molar-refractivity contribution in [3.8, 4) is 0 Å². The van der Waals surface area contributed by atoms with Crippen LogP contribution in [0.4, 0.5) is 5.69 Å². The molecule has 7 heteroatoms. The number of hydrogen-bond acceptors (Lipinski definition) is 4. The molecule has 21 heavy (non-hydrogen) atoms. The number of para-hydroxylation sites is 1. The largest absolute Gasteiger partial charge is 0.337 e. The van der Waals surface area contributed by atoms with Gasteiger partial charge < -0.3 is 4.90 Å². The Hall–Kier alpha value is -2.47. The van der Waals surface area contributed by atoms with E-state index in [-0.39, 0.29) is 18.1 Å². The van der Waals surface area contributed by atoms with Crippen molar-refractivity contribution in [1.82, 2.24) is 9.88 Å². The van der Waals surface area contributed by atoms with Crippen LogP contribution in [0, 0.1) is 10.1 Å². The van der Waals surface area contributed by atoms with Crippen molar-refractivity contribution in [2.45, 2.75) is 6.54 Å². The van der Waals surface area contributed by atoms with Crippen LogP contribution < -0.4 is 0 Å². The number of pyridine rings is 1. The van der Waals surface area contributed by atoms with Crippen LogP contribution in [0.5, 0.6) is 0 Å². The highest BCUT2D eigenvalue weighted by Crippen LogP contribution is 2.19. The fraction of sp³-hybridized carbons (Fsp3) is 0.143. The topological polar surface area (TPSA) is 76.3 Å². The van der Waals surface area contributed by atoms with Crippen molar-refractivity contribution in [2.75, 3.05) is 7.05 Å². The van der Waals surface area contributed by atoms with Gasteiger partial charge in [0.05, 0.1) is 17.0 Å². The minimum Gasteiger partial charge on any atom is -0.337 e. The average molecular weight is 306 g/mol. The van der Waals surface area contributed by atoms with Gasteiger partial charge in [0.2, 0.25) is 0 Å². The standard InChI is InChI=1S/C14H12ClN3O3/c1-17(14(19)10-6-7-13(15)16-8-10)9-11-4-2-3-5-12(11)18(20)21/h2-8H,9H2,1H3. The van der Waals surface area contributed by atoms with Gasteiger partial charge in [-0.1, -0.05) is 29.8 Å². The number of nitrogens with zero attached hydrogens (tertiary/aromatic N) is 3. The highest BCUT2D eigenvalue weighted by Gasteiger charge is 2.18. The third-order valence-corrected chi connectivity index (χ3v) is 3.14. The van der Waals surface area contributed by atoms with E-state index in [2.05, 4.69) is 4.98 Å². The van der Waals surface area contributed by atoms with Crippen LogP contribution in [0.25, 0.3) is 0 Å². The van der Waals surface area contributed by atoms with E-state index in [0.29, 0.717) is 16.3 Å². The number of benzene rings is 1. The maximum absolute atomic E-state index is 12.2. The van der Waals surface area contributed by atoms with Crippen LogP contribution >= 0.6 is 11.6 Å². The predicted molar refractivity (Wildman–Crippen MR) is 78.1 cm³/mol. The SMILES string of the molecule is CN(Cc1ccccc1[N+](=O)[O-])C(=O)c1ccc(Cl)nc1. The zero-order chi connectivity index (χ0) is 15.4. The van der Waals surface area contributed by atoms with Crippen molar-refractivity contribution in [3.63, 3.8) is 0 Å². The lowest BCUT2D eigenvalue weighted by molar-refractivity contribution is -0.385. The summed E-state index contributed by atoms with van der Waals surface area (Å²) in [5, 5.41) is 11.3. The number of carbonyl (C=O) groups excluding carboxylic acids is 1. The van der Waals surface area contributed by atoms with E-state index in [1.165, 1.54) is 23.2 Å². The first-order chi connectivity index (χ1) is 9.99. The maximum Gasteiger partial charge on any atom is 0.274 e.